The van der Waals surface area contributed by atoms with Crippen LogP contribution in [0, 0.1) is 0 Å². The van der Waals surface area contributed by atoms with Crippen molar-refractivity contribution in [2.45, 2.75) is 13.0 Å². The molecule has 0 saturated carbocycles. The minimum absolute atomic E-state index is 0.111. The Hall–Kier alpha value is -1.52. The summed E-state index contributed by atoms with van der Waals surface area (Å²) in [4.78, 5) is 4.10. The highest BCUT2D eigenvalue weighted by molar-refractivity contribution is 6.32. The molecule has 2 aromatic rings. The number of halogens is 1. The van der Waals surface area contributed by atoms with E-state index in [1.165, 1.54) is 0 Å². The van der Waals surface area contributed by atoms with Crippen molar-refractivity contribution in [3.63, 3.8) is 0 Å². The lowest BCUT2D eigenvalue weighted by atomic mass is 10.2. The smallest absolute Gasteiger partial charge is 0.121 e. The molecule has 5 heteroatoms. The minimum Gasteiger partial charge on any atom is -0.497 e. The SMILES string of the molecule is COc1ccc(Cl)c(-n2cncc2[C@H](C)N)c1. The van der Waals surface area contributed by atoms with Gasteiger partial charge in [-0.25, -0.2) is 4.98 Å². The summed E-state index contributed by atoms with van der Waals surface area (Å²) in [6.07, 6.45) is 3.43. The molecule has 1 atom stereocenters. The van der Waals surface area contributed by atoms with Crippen LogP contribution in [0.25, 0.3) is 5.69 Å². The second kappa shape index (κ2) is 4.77. The van der Waals surface area contributed by atoms with Crippen LogP contribution in [0.1, 0.15) is 18.7 Å². The van der Waals surface area contributed by atoms with Gasteiger partial charge in [-0.2, -0.15) is 0 Å². The third kappa shape index (κ3) is 2.28. The largest absolute Gasteiger partial charge is 0.497 e. The Bertz CT molecular complexity index is 522. The Morgan fingerprint density at radius 3 is 2.88 bits per heavy atom. The molecule has 0 bridgehead atoms. The summed E-state index contributed by atoms with van der Waals surface area (Å²) in [5, 5.41) is 0.630. The molecule has 0 aliphatic heterocycles. The molecule has 90 valence electrons. The second-order valence-electron chi connectivity index (χ2n) is 3.79. The Kier molecular flexibility index (Phi) is 3.36. The number of nitrogens with two attached hydrogens (primary N) is 1. The predicted molar refractivity (Wildman–Crippen MR) is 67.7 cm³/mol. The topological polar surface area (TPSA) is 53.1 Å². The van der Waals surface area contributed by atoms with E-state index in [2.05, 4.69) is 4.98 Å². The number of benzene rings is 1. The van der Waals surface area contributed by atoms with Gasteiger partial charge in [0.15, 0.2) is 0 Å². The fourth-order valence-electron chi connectivity index (χ4n) is 1.65. The summed E-state index contributed by atoms with van der Waals surface area (Å²) in [5.74, 6) is 0.744. The van der Waals surface area contributed by atoms with E-state index in [1.807, 2.05) is 23.6 Å². The summed E-state index contributed by atoms with van der Waals surface area (Å²) in [7, 11) is 1.62. The van der Waals surface area contributed by atoms with Crippen molar-refractivity contribution in [1.82, 2.24) is 9.55 Å². The highest BCUT2D eigenvalue weighted by Gasteiger charge is 2.11. The second-order valence-corrected chi connectivity index (χ2v) is 4.20. The van der Waals surface area contributed by atoms with Crippen molar-refractivity contribution in [2.75, 3.05) is 7.11 Å². The molecule has 2 N–H and O–H groups in total. The minimum atomic E-state index is -0.111. The number of rotatable bonds is 3. The van der Waals surface area contributed by atoms with E-state index in [9.17, 15) is 0 Å². The normalized spacial score (nSPS) is 12.5. The summed E-state index contributed by atoms with van der Waals surface area (Å²) < 4.78 is 7.06. The van der Waals surface area contributed by atoms with Gasteiger partial charge in [-0.1, -0.05) is 11.6 Å². The van der Waals surface area contributed by atoms with Crippen molar-refractivity contribution in [3.05, 3.63) is 41.4 Å². The summed E-state index contributed by atoms with van der Waals surface area (Å²) in [5.41, 5.74) is 7.60. The van der Waals surface area contributed by atoms with Gasteiger partial charge in [-0.05, 0) is 19.1 Å². The molecular weight excluding hydrogens is 238 g/mol. The fraction of sp³-hybridized carbons (Fsp3) is 0.250. The number of nitrogens with zero attached hydrogens (tertiary/aromatic N) is 2. The van der Waals surface area contributed by atoms with Gasteiger partial charge in [0.25, 0.3) is 0 Å². The zero-order chi connectivity index (χ0) is 12.4. The van der Waals surface area contributed by atoms with Crippen LogP contribution in [0.3, 0.4) is 0 Å². The average molecular weight is 252 g/mol. The van der Waals surface area contributed by atoms with Gasteiger partial charge in [-0.15, -0.1) is 0 Å². The first-order valence-corrected chi connectivity index (χ1v) is 5.63. The Labute approximate surface area is 105 Å². The molecule has 17 heavy (non-hydrogen) atoms. The van der Waals surface area contributed by atoms with Gasteiger partial charge in [0.2, 0.25) is 0 Å². The first-order valence-electron chi connectivity index (χ1n) is 5.25. The van der Waals surface area contributed by atoms with Crippen LogP contribution in [0.5, 0.6) is 5.75 Å². The molecule has 1 aromatic heterocycles. The molecule has 0 aliphatic carbocycles. The molecule has 0 spiro atoms. The number of aromatic nitrogens is 2. The monoisotopic (exact) mass is 251 g/mol. The van der Waals surface area contributed by atoms with E-state index in [4.69, 9.17) is 22.1 Å². The van der Waals surface area contributed by atoms with Crippen molar-refractivity contribution in [3.8, 4) is 11.4 Å². The van der Waals surface area contributed by atoms with Crippen molar-refractivity contribution in [1.29, 1.82) is 0 Å². The van der Waals surface area contributed by atoms with Crippen LogP contribution in [0.2, 0.25) is 5.02 Å². The van der Waals surface area contributed by atoms with Crippen molar-refractivity contribution < 1.29 is 4.74 Å². The zero-order valence-corrected chi connectivity index (χ0v) is 10.5. The standard InChI is InChI=1S/C12H14ClN3O/c1-8(14)12-6-15-7-16(12)11-5-9(17-2)3-4-10(11)13/h3-8H,14H2,1-2H3/t8-/m0/s1. The maximum absolute atomic E-state index is 6.18. The molecule has 4 nitrogen and oxygen atoms in total. The predicted octanol–water partition coefficient (Wildman–Crippen LogP) is 2.55. The molecular formula is C12H14ClN3O. The third-order valence-corrected chi connectivity index (χ3v) is 2.87. The van der Waals surface area contributed by atoms with Gasteiger partial charge in [0, 0.05) is 12.1 Å². The van der Waals surface area contributed by atoms with Crippen molar-refractivity contribution in [2.24, 2.45) is 5.73 Å². The molecule has 0 fully saturated rings. The van der Waals surface area contributed by atoms with E-state index >= 15 is 0 Å². The van der Waals surface area contributed by atoms with Crippen LogP contribution in [0.15, 0.2) is 30.7 Å². The molecule has 0 amide bonds. The van der Waals surface area contributed by atoms with Gasteiger partial charge < -0.3 is 15.0 Å². The first kappa shape index (κ1) is 12.0. The zero-order valence-electron chi connectivity index (χ0n) is 9.72. The number of hydrogen-bond acceptors (Lipinski definition) is 3. The van der Waals surface area contributed by atoms with Gasteiger partial charge in [0.05, 0.1) is 36.0 Å². The molecule has 0 saturated heterocycles. The van der Waals surface area contributed by atoms with E-state index in [1.54, 1.807) is 25.7 Å². The summed E-state index contributed by atoms with van der Waals surface area (Å²) in [6, 6.07) is 5.35. The fourth-order valence-corrected chi connectivity index (χ4v) is 1.86. The third-order valence-electron chi connectivity index (χ3n) is 2.55. The average Bonchev–Trinajstić information content (AvgIpc) is 2.78. The van der Waals surface area contributed by atoms with Crippen molar-refractivity contribution >= 4 is 11.6 Å². The summed E-state index contributed by atoms with van der Waals surface area (Å²) >= 11 is 6.18. The Morgan fingerprint density at radius 2 is 2.24 bits per heavy atom. The number of imidazole rings is 1. The van der Waals surface area contributed by atoms with Crippen LogP contribution < -0.4 is 10.5 Å². The van der Waals surface area contributed by atoms with E-state index < -0.39 is 0 Å². The van der Waals surface area contributed by atoms with Crippen LogP contribution in [-0.2, 0) is 0 Å². The molecule has 0 aliphatic rings. The Morgan fingerprint density at radius 1 is 1.47 bits per heavy atom. The van der Waals surface area contributed by atoms with E-state index in [0.717, 1.165) is 17.1 Å². The van der Waals surface area contributed by atoms with Gasteiger partial charge in [0.1, 0.15) is 5.75 Å². The van der Waals surface area contributed by atoms with Crippen LogP contribution >= 0.6 is 11.6 Å². The van der Waals surface area contributed by atoms with Gasteiger partial charge in [-0.3, -0.25) is 0 Å². The van der Waals surface area contributed by atoms with E-state index in [-0.39, 0.29) is 6.04 Å². The van der Waals surface area contributed by atoms with Crippen LogP contribution in [0.4, 0.5) is 0 Å². The quantitative estimate of drug-likeness (QED) is 0.912. The van der Waals surface area contributed by atoms with E-state index in [0.29, 0.717) is 5.02 Å². The highest BCUT2D eigenvalue weighted by Crippen LogP contribution is 2.27. The number of ether oxygens (including phenoxy) is 1. The number of hydrogen-bond donors (Lipinski definition) is 1. The highest BCUT2D eigenvalue weighted by atomic mass is 35.5. The molecule has 1 heterocycles. The first-order chi connectivity index (χ1) is 8.13. The Balaban J connectivity index is 2.55. The van der Waals surface area contributed by atoms with Crippen LogP contribution in [-0.4, -0.2) is 16.7 Å². The maximum Gasteiger partial charge on any atom is 0.121 e. The lowest BCUT2D eigenvalue weighted by Gasteiger charge is -2.13. The lowest BCUT2D eigenvalue weighted by Crippen LogP contribution is -2.10. The molecule has 1 aromatic carbocycles. The molecule has 0 unspecified atom stereocenters. The molecule has 0 radical (unpaired) electrons. The van der Waals surface area contributed by atoms with Gasteiger partial charge >= 0.3 is 0 Å². The molecule has 2 rings (SSSR count). The number of methoxy groups -OCH3 is 1. The maximum atomic E-state index is 6.18. The lowest BCUT2D eigenvalue weighted by molar-refractivity contribution is 0.414. The summed E-state index contributed by atoms with van der Waals surface area (Å²) in [6.45, 7) is 1.90.